The molecule has 3 N–H and O–H groups in total. The SMILES string of the molecule is CC(CNc1snc(N)c1S(=O)(=O)N(C)C)C1CC1. The van der Waals surface area contributed by atoms with Gasteiger partial charge in [0.2, 0.25) is 10.0 Å². The average Bonchev–Trinajstić information content (AvgIpc) is 3.10. The molecule has 0 amide bonds. The van der Waals surface area contributed by atoms with Crippen molar-refractivity contribution in [2.24, 2.45) is 11.8 Å². The Balaban J connectivity index is 2.17. The molecular weight excluding hydrogens is 284 g/mol. The fraction of sp³-hybridized carbons (Fsp3) is 0.727. The summed E-state index contributed by atoms with van der Waals surface area (Å²) in [5.74, 6) is 1.38. The summed E-state index contributed by atoms with van der Waals surface area (Å²) in [6, 6.07) is 0. The van der Waals surface area contributed by atoms with E-state index in [9.17, 15) is 8.42 Å². The monoisotopic (exact) mass is 304 g/mol. The van der Waals surface area contributed by atoms with Gasteiger partial charge in [-0.2, -0.15) is 4.37 Å². The van der Waals surface area contributed by atoms with Crippen molar-refractivity contribution in [3.8, 4) is 0 Å². The van der Waals surface area contributed by atoms with Gasteiger partial charge >= 0.3 is 0 Å². The van der Waals surface area contributed by atoms with Gasteiger partial charge in [-0.15, -0.1) is 0 Å². The number of nitrogens with two attached hydrogens (primary N) is 1. The van der Waals surface area contributed by atoms with Crippen LogP contribution in [0.1, 0.15) is 19.8 Å². The van der Waals surface area contributed by atoms with Gasteiger partial charge in [0, 0.05) is 20.6 Å². The molecule has 0 aromatic carbocycles. The molecule has 1 aromatic heterocycles. The van der Waals surface area contributed by atoms with Crippen molar-refractivity contribution >= 4 is 32.4 Å². The van der Waals surface area contributed by atoms with Crippen molar-refractivity contribution in [3.05, 3.63) is 0 Å². The van der Waals surface area contributed by atoms with Crippen LogP contribution >= 0.6 is 11.5 Å². The fourth-order valence-corrected chi connectivity index (χ4v) is 4.01. The lowest BCUT2D eigenvalue weighted by molar-refractivity contribution is 0.520. The summed E-state index contributed by atoms with van der Waals surface area (Å²) < 4.78 is 29.5. The molecule has 1 heterocycles. The third kappa shape index (κ3) is 3.01. The number of aromatic nitrogens is 1. The number of hydrogen-bond donors (Lipinski definition) is 2. The minimum absolute atomic E-state index is 0.0697. The topological polar surface area (TPSA) is 88.3 Å². The van der Waals surface area contributed by atoms with Gasteiger partial charge in [0.15, 0.2) is 10.7 Å². The maximum absolute atomic E-state index is 12.2. The molecular formula is C11H20N4O2S2. The van der Waals surface area contributed by atoms with E-state index in [1.54, 1.807) is 0 Å². The van der Waals surface area contributed by atoms with Crippen LogP contribution in [-0.2, 0) is 10.0 Å². The second-order valence-corrected chi connectivity index (χ2v) is 8.07. The first-order valence-corrected chi connectivity index (χ1v) is 8.47. The predicted octanol–water partition coefficient (Wildman–Crippen LogP) is 1.43. The number of hydrogen-bond acceptors (Lipinski definition) is 6. The number of nitrogen functional groups attached to an aromatic ring is 1. The van der Waals surface area contributed by atoms with Crippen LogP contribution in [0.15, 0.2) is 4.90 Å². The molecule has 6 nitrogen and oxygen atoms in total. The molecule has 2 rings (SSSR count). The van der Waals surface area contributed by atoms with Crippen molar-refractivity contribution in [1.82, 2.24) is 8.68 Å². The molecule has 0 saturated heterocycles. The smallest absolute Gasteiger partial charge is 0.249 e. The quantitative estimate of drug-likeness (QED) is 0.830. The predicted molar refractivity (Wildman–Crippen MR) is 77.8 cm³/mol. The molecule has 1 atom stereocenters. The van der Waals surface area contributed by atoms with Crippen LogP contribution < -0.4 is 11.1 Å². The van der Waals surface area contributed by atoms with E-state index in [0.717, 1.165) is 28.3 Å². The molecule has 0 aliphatic heterocycles. The van der Waals surface area contributed by atoms with Crippen molar-refractivity contribution < 1.29 is 8.42 Å². The minimum Gasteiger partial charge on any atom is -0.382 e. The van der Waals surface area contributed by atoms with Gasteiger partial charge in [-0.1, -0.05) is 6.92 Å². The lowest BCUT2D eigenvalue weighted by Crippen LogP contribution is -2.24. The highest BCUT2D eigenvalue weighted by Crippen LogP contribution is 2.38. The number of nitrogens with one attached hydrogen (secondary N) is 1. The summed E-state index contributed by atoms with van der Waals surface area (Å²) >= 11 is 1.10. The summed E-state index contributed by atoms with van der Waals surface area (Å²) in [5.41, 5.74) is 5.70. The third-order valence-corrected chi connectivity index (χ3v) is 6.26. The van der Waals surface area contributed by atoms with Gasteiger partial charge in [0.05, 0.1) is 0 Å². The lowest BCUT2D eigenvalue weighted by atomic mass is 10.1. The highest BCUT2D eigenvalue weighted by molar-refractivity contribution is 7.89. The Morgan fingerprint density at radius 2 is 2.16 bits per heavy atom. The van der Waals surface area contributed by atoms with Crippen LogP contribution in [0.5, 0.6) is 0 Å². The lowest BCUT2D eigenvalue weighted by Gasteiger charge is -2.15. The molecule has 19 heavy (non-hydrogen) atoms. The van der Waals surface area contributed by atoms with Gasteiger partial charge in [0.25, 0.3) is 0 Å². The van der Waals surface area contributed by atoms with Crippen molar-refractivity contribution in [2.75, 3.05) is 31.7 Å². The molecule has 1 aliphatic carbocycles. The summed E-state index contributed by atoms with van der Waals surface area (Å²) in [7, 11) is -0.575. The molecule has 1 saturated carbocycles. The van der Waals surface area contributed by atoms with E-state index in [2.05, 4.69) is 16.6 Å². The van der Waals surface area contributed by atoms with Crippen LogP contribution in [0.4, 0.5) is 10.8 Å². The van der Waals surface area contributed by atoms with E-state index in [0.29, 0.717) is 10.9 Å². The second-order valence-electron chi connectivity index (χ2n) is 5.21. The molecule has 0 spiro atoms. The first-order valence-electron chi connectivity index (χ1n) is 6.25. The van der Waals surface area contributed by atoms with E-state index < -0.39 is 10.0 Å². The van der Waals surface area contributed by atoms with Crippen LogP contribution in [-0.4, -0.2) is 37.7 Å². The Kier molecular flexibility index (Phi) is 4.03. The van der Waals surface area contributed by atoms with Gasteiger partial charge in [0.1, 0.15) is 5.00 Å². The summed E-state index contributed by atoms with van der Waals surface area (Å²) in [6.45, 7) is 2.93. The van der Waals surface area contributed by atoms with Crippen LogP contribution in [0.3, 0.4) is 0 Å². The van der Waals surface area contributed by atoms with Crippen molar-refractivity contribution in [2.45, 2.75) is 24.7 Å². The van der Waals surface area contributed by atoms with Gasteiger partial charge < -0.3 is 11.1 Å². The Labute approximate surface area is 118 Å². The fourth-order valence-electron chi connectivity index (χ4n) is 1.92. The molecule has 1 aliphatic rings. The highest BCUT2D eigenvalue weighted by Gasteiger charge is 2.30. The van der Waals surface area contributed by atoms with E-state index in [1.807, 2.05) is 0 Å². The minimum atomic E-state index is -3.55. The molecule has 0 bridgehead atoms. The zero-order chi connectivity index (χ0) is 14.2. The van der Waals surface area contributed by atoms with Crippen LogP contribution in [0, 0.1) is 11.8 Å². The summed E-state index contributed by atoms with van der Waals surface area (Å²) in [5, 5.41) is 3.73. The Bertz CT molecular complexity index is 549. The number of sulfonamides is 1. The molecule has 1 fully saturated rings. The van der Waals surface area contributed by atoms with Crippen molar-refractivity contribution in [3.63, 3.8) is 0 Å². The summed E-state index contributed by atoms with van der Waals surface area (Å²) in [4.78, 5) is 0.102. The Morgan fingerprint density at radius 1 is 1.53 bits per heavy atom. The largest absolute Gasteiger partial charge is 0.382 e. The van der Waals surface area contributed by atoms with Crippen molar-refractivity contribution in [1.29, 1.82) is 0 Å². The van der Waals surface area contributed by atoms with E-state index >= 15 is 0 Å². The van der Waals surface area contributed by atoms with E-state index in [-0.39, 0.29) is 10.7 Å². The molecule has 1 unspecified atom stereocenters. The highest BCUT2D eigenvalue weighted by atomic mass is 32.2. The first kappa shape index (κ1) is 14.5. The molecule has 1 aromatic rings. The molecule has 8 heteroatoms. The standard InChI is InChI=1S/C11H20N4O2S2/c1-7(8-4-5-8)6-13-11-9(10(12)14-18-11)19(16,17)15(2)3/h7-8,13H,4-6H2,1-3H3,(H2,12,14). The second kappa shape index (κ2) is 5.26. The maximum Gasteiger partial charge on any atom is 0.249 e. The van der Waals surface area contributed by atoms with E-state index in [1.165, 1.54) is 26.9 Å². The molecule has 108 valence electrons. The van der Waals surface area contributed by atoms with Gasteiger partial charge in [-0.25, -0.2) is 12.7 Å². The summed E-state index contributed by atoms with van der Waals surface area (Å²) in [6.07, 6.45) is 2.55. The van der Waals surface area contributed by atoms with Crippen LogP contribution in [0.25, 0.3) is 0 Å². The Morgan fingerprint density at radius 3 is 2.68 bits per heavy atom. The number of nitrogens with zero attached hydrogens (tertiary/aromatic N) is 2. The third-order valence-electron chi connectivity index (χ3n) is 3.42. The maximum atomic E-state index is 12.2. The number of anilines is 2. The Hall–Kier alpha value is -0.860. The number of rotatable bonds is 6. The van der Waals surface area contributed by atoms with Gasteiger partial charge in [-0.05, 0) is 36.2 Å². The normalized spacial score (nSPS) is 17.7. The first-order chi connectivity index (χ1) is 8.84. The zero-order valence-corrected chi connectivity index (χ0v) is 13.0. The molecule has 0 radical (unpaired) electrons. The average molecular weight is 304 g/mol. The van der Waals surface area contributed by atoms with E-state index in [4.69, 9.17) is 5.73 Å². The van der Waals surface area contributed by atoms with Crippen LogP contribution in [0.2, 0.25) is 0 Å². The van der Waals surface area contributed by atoms with Gasteiger partial charge in [-0.3, -0.25) is 0 Å². The zero-order valence-electron chi connectivity index (χ0n) is 11.4.